The molecule has 0 aliphatic carbocycles. The van der Waals surface area contributed by atoms with Crippen molar-refractivity contribution in [2.24, 2.45) is 5.92 Å². The molecule has 188 valence electrons. The van der Waals surface area contributed by atoms with E-state index in [0.29, 0.717) is 6.54 Å². The molecule has 2 aromatic rings. The van der Waals surface area contributed by atoms with Gasteiger partial charge in [-0.3, -0.25) is 0 Å². The number of hydrogen-bond donors (Lipinski definition) is 0. The van der Waals surface area contributed by atoms with E-state index >= 15 is 0 Å². The van der Waals surface area contributed by atoms with Crippen molar-refractivity contribution in [1.29, 1.82) is 0 Å². The minimum absolute atomic E-state index is 0.0590. The van der Waals surface area contributed by atoms with Crippen molar-refractivity contribution in [1.82, 2.24) is 4.90 Å². The molecule has 34 heavy (non-hydrogen) atoms. The molecule has 0 fully saturated rings. The molecular formula is C23H28F3NO6S. The highest BCUT2D eigenvalue weighted by molar-refractivity contribution is 7.87. The molecular weight excluding hydrogens is 475 g/mol. The van der Waals surface area contributed by atoms with Crippen molar-refractivity contribution in [3.05, 3.63) is 59.7 Å². The highest BCUT2D eigenvalue weighted by Gasteiger charge is 2.44. The zero-order chi connectivity index (χ0) is 25.7. The lowest BCUT2D eigenvalue weighted by atomic mass is 9.79. The van der Waals surface area contributed by atoms with Gasteiger partial charge in [-0.1, -0.05) is 43.7 Å². The number of carbonyl (C=O) groups is 1. The van der Waals surface area contributed by atoms with Crippen LogP contribution in [-0.4, -0.2) is 46.5 Å². The predicted octanol–water partition coefficient (Wildman–Crippen LogP) is 5.24. The highest BCUT2D eigenvalue weighted by Crippen LogP contribution is 2.40. The van der Waals surface area contributed by atoms with Gasteiger partial charge >= 0.3 is 22.6 Å². The molecule has 0 saturated heterocycles. The fraction of sp³-hybridized carbons (Fsp3) is 0.435. The number of benzene rings is 2. The summed E-state index contributed by atoms with van der Waals surface area (Å²) < 4.78 is 77.2. The Hall–Kier alpha value is -2.79. The summed E-state index contributed by atoms with van der Waals surface area (Å²) in [6.45, 7) is 5.51. The Bertz CT molecular complexity index is 1090. The van der Waals surface area contributed by atoms with E-state index in [9.17, 15) is 26.4 Å². The van der Waals surface area contributed by atoms with Gasteiger partial charge in [0.1, 0.15) is 16.2 Å². The summed E-state index contributed by atoms with van der Waals surface area (Å²) in [5, 5.41) is 0. The Morgan fingerprint density at radius 3 is 2.21 bits per heavy atom. The summed E-state index contributed by atoms with van der Waals surface area (Å²) in [7, 11) is -0.650. The van der Waals surface area contributed by atoms with Crippen LogP contribution < -0.4 is 4.18 Å². The van der Waals surface area contributed by atoms with Gasteiger partial charge in [0.15, 0.2) is 0 Å². The number of nitrogens with zero attached hydrogens (tertiary/aromatic N) is 1. The molecule has 0 unspecified atom stereocenters. The van der Waals surface area contributed by atoms with E-state index in [-0.39, 0.29) is 22.6 Å². The van der Waals surface area contributed by atoms with Gasteiger partial charge in [-0.2, -0.15) is 8.42 Å². The summed E-state index contributed by atoms with van der Waals surface area (Å²) in [5.74, 6) is -0.585. The average molecular weight is 504 g/mol. The lowest BCUT2D eigenvalue weighted by molar-refractivity contribution is -0.304. The molecule has 0 heterocycles. The first-order valence-corrected chi connectivity index (χ1v) is 11.8. The van der Waals surface area contributed by atoms with Crippen LogP contribution in [0.25, 0.3) is 0 Å². The van der Waals surface area contributed by atoms with Crippen LogP contribution in [0, 0.1) is 12.8 Å². The Morgan fingerprint density at radius 2 is 1.68 bits per heavy atom. The van der Waals surface area contributed by atoms with Crippen LogP contribution in [0.4, 0.5) is 18.0 Å². The number of alkyl halides is 3. The quantitative estimate of drug-likeness (QED) is 0.342. The van der Waals surface area contributed by atoms with E-state index in [0.717, 1.165) is 5.56 Å². The zero-order valence-corrected chi connectivity index (χ0v) is 20.4. The standard InChI is InChI=1S/C23H28F3NO6S/c1-6-22(17(3)15-27(4)5,31-21(28)32-23(24,25)26)18-8-7-9-19(14-18)33-34(29,30)20-12-10-16(2)11-13-20/h7-14,17H,6,15H2,1-5H3/t17-,22+/m0/s1. The Labute approximate surface area is 197 Å². The molecule has 0 aliphatic heterocycles. The SMILES string of the molecule is CC[C@](OC(=O)OC(F)(F)F)(c1cccc(OS(=O)(=O)c2ccc(C)cc2)c1)[C@@H](C)CN(C)C. The third kappa shape index (κ3) is 7.10. The first-order valence-electron chi connectivity index (χ1n) is 10.4. The van der Waals surface area contributed by atoms with E-state index in [1.54, 1.807) is 45.0 Å². The third-order valence-electron chi connectivity index (χ3n) is 5.26. The van der Waals surface area contributed by atoms with Gasteiger partial charge in [-0.05, 0) is 57.3 Å². The van der Waals surface area contributed by atoms with Crippen molar-refractivity contribution in [2.45, 2.75) is 44.1 Å². The van der Waals surface area contributed by atoms with Gasteiger partial charge in [0, 0.05) is 12.5 Å². The van der Waals surface area contributed by atoms with Gasteiger partial charge in [0.05, 0.1) is 0 Å². The number of hydrogen-bond acceptors (Lipinski definition) is 7. The maximum Gasteiger partial charge on any atom is 0.577 e. The molecule has 0 radical (unpaired) electrons. The molecule has 7 nitrogen and oxygen atoms in total. The molecule has 2 aromatic carbocycles. The summed E-state index contributed by atoms with van der Waals surface area (Å²) in [6, 6.07) is 11.8. The number of carbonyl (C=O) groups excluding carboxylic acids is 1. The molecule has 11 heteroatoms. The number of halogens is 3. The minimum Gasteiger partial charge on any atom is -0.422 e. The fourth-order valence-corrected chi connectivity index (χ4v) is 4.64. The maximum atomic E-state index is 12.7. The lowest BCUT2D eigenvalue weighted by Gasteiger charge is -2.39. The van der Waals surface area contributed by atoms with Crippen LogP contribution in [-0.2, 0) is 25.2 Å². The normalized spacial score (nSPS) is 14.9. The highest BCUT2D eigenvalue weighted by atomic mass is 32.2. The lowest BCUT2D eigenvalue weighted by Crippen LogP contribution is -2.43. The second-order valence-corrected chi connectivity index (χ2v) is 9.73. The largest absolute Gasteiger partial charge is 0.577 e. The Kier molecular flexibility index (Phi) is 8.59. The van der Waals surface area contributed by atoms with Crippen LogP contribution in [0.2, 0.25) is 0 Å². The molecule has 0 spiro atoms. The maximum absolute atomic E-state index is 12.7. The van der Waals surface area contributed by atoms with Gasteiger partial charge in [0.25, 0.3) is 0 Å². The second kappa shape index (κ2) is 10.6. The summed E-state index contributed by atoms with van der Waals surface area (Å²) >= 11 is 0. The van der Waals surface area contributed by atoms with Crippen LogP contribution in [0.1, 0.15) is 31.4 Å². The van der Waals surface area contributed by atoms with Crippen molar-refractivity contribution >= 4 is 16.3 Å². The summed E-state index contributed by atoms with van der Waals surface area (Å²) in [6.07, 6.45) is -7.03. The summed E-state index contributed by atoms with van der Waals surface area (Å²) in [5.41, 5.74) is -0.425. The average Bonchev–Trinajstić information content (AvgIpc) is 2.70. The zero-order valence-electron chi connectivity index (χ0n) is 19.5. The molecule has 0 N–H and O–H groups in total. The van der Waals surface area contributed by atoms with Crippen molar-refractivity contribution in [3.8, 4) is 5.75 Å². The smallest absolute Gasteiger partial charge is 0.422 e. The Balaban J connectivity index is 2.47. The van der Waals surface area contributed by atoms with E-state index in [1.165, 1.54) is 36.4 Å². The number of rotatable bonds is 9. The molecule has 0 aromatic heterocycles. The van der Waals surface area contributed by atoms with Crippen LogP contribution in [0.3, 0.4) is 0 Å². The predicted molar refractivity (Wildman–Crippen MR) is 119 cm³/mol. The van der Waals surface area contributed by atoms with Crippen molar-refractivity contribution in [2.75, 3.05) is 20.6 Å². The van der Waals surface area contributed by atoms with Crippen LogP contribution >= 0.6 is 0 Å². The first kappa shape index (κ1) is 27.5. The molecule has 0 saturated carbocycles. The number of aryl methyl sites for hydroxylation is 1. The molecule has 0 amide bonds. The Morgan fingerprint density at radius 1 is 1.06 bits per heavy atom. The van der Waals surface area contributed by atoms with E-state index in [4.69, 9.17) is 8.92 Å². The minimum atomic E-state index is -5.21. The van der Waals surface area contributed by atoms with E-state index < -0.39 is 34.2 Å². The summed E-state index contributed by atoms with van der Waals surface area (Å²) in [4.78, 5) is 13.7. The monoisotopic (exact) mass is 503 g/mol. The van der Waals surface area contributed by atoms with E-state index in [1.807, 2.05) is 6.92 Å². The molecule has 0 bridgehead atoms. The third-order valence-corrected chi connectivity index (χ3v) is 6.52. The number of ether oxygens (including phenoxy) is 2. The van der Waals surface area contributed by atoms with E-state index in [2.05, 4.69) is 4.74 Å². The van der Waals surface area contributed by atoms with Gasteiger partial charge in [-0.15, -0.1) is 13.2 Å². The van der Waals surface area contributed by atoms with Crippen LogP contribution in [0.15, 0.2) is 53.4 Å². The fourth-order valence-electron chi connectivity index (χ4n) is 3.72. The molecule has 0 aliphatic rings. The molecule has 2 rings (SSSR count). The van der Waals surface area contributed by atoms with Crippen molar-refractivity contribution < 1.29 is 40.0 Å². The second-order valence-electron chi connectivity index (χ2n) is 8.18. The van der Waals surface area contributed by atoms with Gasteiger partial charge in [-0.25, -0.2) is 4.79 Å². The van der Waals surface area contributed by atoms with Gasteiger partial charge in [0.2, 0.25) is 0 Å². The molecule has 2 atom stereocenters. The topological polar surface area (TPSA) is 82.1 Å². The first-order chi connectivity index (χ1) is 15.7. The van der Waals surface area contributed by atoms with Crippen molar-refractivity contribution in [3.63, 3.8) is 0 Å². The van der Waals surface area contributed by atoms with Crippen LogP contribution in [0.5, 0.6) is 5.75 Å². The van der Waals surface area contributed by atoms with Gasteiger partial charge < -0.3 is 18.6 Å².